The van der Waals surface area contributed by atoms with Crippen molar-refractivity contribution in [2.45, 2.75) is 0 Å². The van der Waals surface area contributed by atoms with Crippen LogP contribution >= 0.6 is 0 Å². The molecule has 4 aliphatic heterocycles. The molecule has 9 aromatic rings. The number of rotatable bonds is 4. The summed E-state index contributed by atoms with van der Waals surface area (Å²) >= 11 is 0. The summed E-state index contributed by atoms with van der Waals surface area (Å²) in [6, 6.07) is 72.6. The van der Waals surface area contributed by atoms with Gasteiger partial charge in [0.2, 0.25) is 0 Å². The minimum atomic E-state index is -0.117. The van der Waals surface area contributed by atoms with E-state index >= 15 is 0 Å². The standard InChI is InChI=1S/C52H34B2N6/c1-5-18-35(19-6-1)57-43-28-15-13-26-39(43)53-41-32-42-48(33-47(41)58(36-20-7-2-8-21-36)46-31-17-30-45(57)49(46)53)60(38-24-11-4-12-25-38)52-50-51(55-34-56-52)59(37-22-9-3-10-23-37)44-29-16-14-27-40(44)54(42)50/h1-34H. The molecule has 0 N–H and O–H groups in total. The van der Waals surface area contributed by atoms with Gasteiger partial charge in [0.1, 0.15) is 18.0 Å². The van der Waals surface area contributed by atoms with Gasteiger partial charge in [-0.1, -0.05) is 121 Å². The van der Waals surface area contributed by atoms with Gasteiger partial charge in [-0.25, -0.2) is 9.97 Å². The van der Waals surface area contributed by atoms with Gasteiger partial charge in [0.25, 0.3) is 13.4 Å². The van der Waals surface area contributed by atoms with Crippen LogP contribution in [0.4, 0.5) is 68.5 Å². The lowest BCUT2D eigenvalue weighted by Crippen LogP contribution is -2.65. The predicted octanol–water partition coefficient (Wildman–Crippen LogP) is 8.64. The van der Waals surface area contributed by atoms with E-state index in [2.05, 4.69) is 220 Å². The van der Waals surface area contributed by atoms with E-state index in [-0.39, 0.29) is 13.4 Å². The fourth-order valence-electron chi connectivity index (χ4n) is 10.4. The van der Waals surface area contributed by atoms with Gasteiger partial charge in [-0.05, 0) is 106 Å². The van der Waals surface area contributed by atoms with Crippen LogP contribution in [0.5, 0.6) is 0 Å². The van der Waals surface area contributed by atoms with Gasteiger partial charge < -0.3 is 9.80 Å². The van der Waals surface area contributed by atoms with Gasteiger partial charge in [-0.3, -0.25) is 9.80 Å². The maximum atomic E-state index is 5.18. The zero-order chi connectivity index (χ0) is 39.3. The van der Waals surface area contributed by atoms with Crippen molar-refractivity contribution in [3.63, 3.8) is 0 Å². The van der Waals surface area contributed by atoms with Crippen molar-refractivity contribution >= 4 is 115 Å². The van der Waals surface area contributed by atoms with Crippen molar-refractivity contribution in [1.82, 2.24) is 9.97 Å². The summed E-state index contributed by atoms with van der Waals surface area (Å²) in [6.07, 6.45) is 1.74. The molecular formula is C52H34B2N6. The first-order valence-corrected chi connectivity index (χ1v) is 20.6. The fourth-order valence-corrected chi connectivity index (χ4v) is 10.4. The molecule has 60 heavy (non-hydrogen) atoms. The lowest BCUT2D eigenvalue weighted by Gasteiger charge is -2.46. The van der Waals surface area contributed by atoms with Gasteiger partial charge in [0, 0.05) is 62.3 Å². The Kier molecular flexibility index (Phi) is 7.10. The second-order valence-corrected chi connectivity index (χ2v) is 15.8. The Morgan fingerprint density at radius 2 is 0.650 bits per heavy atom. The predicted molar refractivity (Wildman–Crippen MR) is 250 cm³/mol. The molecule has 278 valence electrons. The summed E-state index contributed by atoms with van der Waals surface area (Å²) in [4.78, 5) is 19.9. The third kappa shape index (κ3) is 4.61. The third-order valence-electron chi connectivity index (χ3n) is 12.7. The number of benzene rings is 8. The largest absolute Gasteiger partial charge is 0.311 e. The van der Waals surface area contributed by atoms with Crippen LogP contribution in [-0.2, 0) is 0 Å². The van der Waals surface area contributed by atoms with E-state index in [0.717, 1.165) is 56.9 Å². The summed E-state index contributed by atoms with van der Waals surface area (Å²) in [7, 11) is 0. The Labute approximate surface area is 349 Å². The van der Waals surface area contributed by atoms with Crippen LogP contribution in [0, 0.1) is 0 Å². The van der Waals surface area contributed by atoms with Crippen molar-refractivity contribution < 1.29 is 0 Å². The van der Waals surface area contributed by atoms with E-state index in [4.69, 9.17) is 9.97 Å². The smallest absolute Gasteiger partial charge is 0.256 e. The zero-order valence-electron chi connectivity index (χ0n) is 32.5. The van der Waals surface area contributed by atoms with Crippen LogP contribution in [0.3, 0.4) is 0 Å². The minimum absolute atomic E-state index is 0.0228. The van der Waals surface area contributed by atoms with E-state index in [9.17, 15) is 0 Å². The molecular weight excluding hydrogens is 730 g/mol. The molecule has 0 spiro atoms. The van der Waals surface area contributed by atoms with Crippen LogP contribution < -0.4 is 52.4 Å². The molecule has 4 aliphatic rings. The number of nitrogens with zero attached hydrogens (tertiary/aromatic N) is 6. The van der Waals surface area contributed by atoms with Crippen molar-refractivity contribution in [3.05, 3.63) is 207 Å². The second kappa shape index (κ2) is 12.8. The van der Waals surface area contributed by atoms with Crippen LogP contribution in [0.1, 0.15) is 0 Å². The average Bonchev–Trinajstić information content (AvgIpc) is 3.32. The summed E-state index contributed by atoms with van der Waals surface area (Å²) in [6.45, 7) is -0.139. The number of hydrogen-bond acceptors (Lipinski definition) is 6. The topological polar surface area (TPSA) is 38.7 Å². The Bertz CT molecular complexity index is 2940. The maximum Gasteiger partial charge on any atom is 0.256 e. The Balaban J connectivity index is 1.14. The molecule has 8 heteroatoms. The summed E-state index contributed by atoms with van der Waals surface area (Å²) in [5, 5.41) is 0. The summed E-state index contributed by atoms with van der Waals surface area (Å²) in [5.74, 6) is 1.80. The molecule has 13 rings (SSSR count). The minimum Gasteiger partial charge on any atom is -0.311 e. The molecule has 0 fully saturated rings. The Hall–Kier alpha value is -7.83. The molecule has 6 nitrogen and oxygen atoms in total. The molecule has 0 bridgehead atoms. The number of hydrogen-bond donors (Lipinski definition) is 0. The molecule has 0 unspecified atom stereocenters. The van der Waals surface area contributed by atoms with Crippen molar-refractivity contribution in [1.29, 1.82) is 0 Å². The SMILES string of the molecule is c1ccc(N2c3ccccc3B3c4cc5c(cc4N(c4ccccc4)c4cccc2c43)N(c2ccccc2)c2ncnc3c2B5c2ccccc2N3c2ccccc2)cc1. The Morgan fingerprint density at radius 1 is 0.283 bits per heavy atom. The highest BCUT2D eigenvalue weighted by Gasteiger charge is 2.48. The van der Waals surface area contributed by atoms with Crippen LogP contribution in [-0.4, -0.2) is 23.4 Å². The highest BCUT2D eigenvalue weighted by atomic mass is 15.3. The van der Waals surface area contributed by atoms with E-state index in [1.807, 2.05) is 0 Å². The number of anilines is 12. The monoisotopic (exact) mass is 764 g/mol. The molecule has 0 amide bonds. The molecule has 0 radical (unpaired) electrons. The van der Waals surface area contributed by atoms with E-state index in [1.165, 1.54) is 44.4 Å². The highest BCUT2D eigenvalue weighted by molar-refractivity contribution is 7.03. The maximum absolute atomic E-state index is 5.18. The fraction of sp³-hybridized carbons (Fsp3) is 0. The third-order valence-corrected chi connectivity index (χ3v) is 12.7. The van der Waals surface area contributed by atoms with Crippen LogP contribution in [0.2, 0.25) is 0 Å². The molecule has 0 saturated heterocycles. The first-order valence-electron chi connectivity index (χ1n) is 20.6. The Morgan fingerprint density at radius 3 is 1.17 bits per heavy atom. The van der Waals surface area contributed by atoms with E-state index in [1.54, 1.807) is 6.33 Å². The normalized spacial score (nSPS) is 13.8. The lowest BCUT2D eigenvalue weighted by atomic mass is 9.30. The van der Waals surface area contributed by atoms with Gasteiger partial charge in [-0.2, -0.15) is 0 Å². The molecule has 0 aliphatic carbocycles. The number of aromatic nitrogens is 2. The number of para-hydroxylation sites is 6. The first-order chi connectivity index (χ1) is 29.8. The average molecular weight is 765 g/mol. The van der Waals surface area contributed by atoms with Crippen LogP contribution in [0.25, 0.3) is 0 Å². The van der Waals surface area contributed by atoms with Crippen molar-refractivity contribution in [3.8, 4) is 0 Å². The van der Waals surface area contributed by atoms with E-state index < -0.39 is 0 Å². The number of fused-ring (bicyclic) bond motifs is 8. The van der Waals surface area contributed by atoms with Gasteiger partial charge in [-0.15, -0.1) is 0 Å². The van der Waals surface area contributed by atoms with Crippen molar-refractivity contribution in [2.75, 3.05) is 19.6 Å². The van der Waals surface area contributed by atoms with Gasteiger partial charge in [0.15, 0.2) is 0 Å². The first kappa shape index (κ1) is 33.2. The quantitative estimate of drug-likeness (QED) is 0.167. The van der Waals surface area contributed by atoms with E-state index in [0.29, 0.717) is 0 Å². The van der Waals surface area contributed by atoms with Crippen LogP contribution in [0.15, 0.2) is 207 Å². The van der Waals surface area contributed by atoms with Gasteiger partial charge >= 0.3 is 0 Å². The summed E-state index contributed by atoms with van der Waals surface area (Å²) < 4.78 is 0. The zero-order valence-corrected chi connectivity index (χ0v) is 32.5. The second-order valence-electron chi connectivity index (χ2n) is 15.8. The lowest BCUT2D eigenvalue weighted by molar-refractivity contribution is 1.09. The van der Waals surface area contributed by atoms with Gasteiger partial charge in [0.05, 0.1) is 0 Å². The summed E-state index contributed by atoms with van der Waals surface area (Å²) in [5.41, 5.74) is 18.8. The molecule has 1 aromatic heterocycles. The van der Waals surface area contributed by atoms with Crippen molar-refractivity contribution in [2.24, 2.45) is 0 Å². The highest BCUT2D eigenvalue weighted by Crippen LogP contribution is 2.47. The molecule has 5 heterocycles. The molecule has 8 aromatic carbocycles. The molecule has 0 atom stereocenters. The molecule has 0 saturated carbocycles.